The number of carbonyl (C=O) groups is 1. The van der Waals surface area contributed by atoms with Crippen LogP contribution in [0.4, 0.5) is 5.69 Å². The molecule has 0 aliphatic carbocycles. The molecular formula is C17H23N3O2. The quantitative estimate of drug-likeness (QED) is 0.822. The van der Waals surface area contributed by atoms with Gasteiger partial charge in [0.25, 0.3) is 0 Å². The summed E-state index contributed by atoms with van der Waals surface area (Å²) >= 11 is 0. The number of pyridine rings is 1. The van der Waals surface area contributed by atoms with Crippen LogP contribution in [0, 0.1) is 0 Å². The smallest absolute Gasteiger partial charge is 0.231 e. The van der Waals surface area contributed by atoms with Crippen molar-refractivity contribution in [1.82, 2.24) is 10.1 Å². The molecule has 2 heterocycles. The Morgan fingerprint density at radius 2 is 2.09 bits per heavy atom. The van der Waals surface area contributed by atoms with E-state index in [4.69, 9.17) is 4.52 Å². The van der Waals surface area contributed by atoms with Gasteiger partial charge in [0, 0.05) is 24.2 Å². The highest BCUT2D eigenvalue weighted by Gasteiger charge is 2.23. The number of anilines is 1. The molecule has 5 nitrogen and oxygen atoms in total. The molecule has 0 atom stereocenters. The van der Waals surface area contributed by atoms with Gasteiger partial charge in [-0.1, -0.05) is 19.0 Å². The maximum atomic E-state index is 12.8. The molecule has 2 aromatic heterocycles. The lowest BCUT2D eigenvalue weighted by molar-refractivity contribution is -0.118. The monoisotopic (exact) mass is 301 g/mol. The van der Waals surface area contributed by atoms with Crippen LogP contribution in [0.3, 0.4) is 0 Å². The van der Waals surface area contributed by atoms with Crippen molar-refractivity contribution in [2.75, 3.05) is 4.90 Å². The maximum absolute atomic E-state index is 12.8. The molecule has 0 bridgehead atoms. The van der Waals surface area contributed by atoms with Gasteiger partial charge in [-0.05, 0) is 32.4 Å². The second kappa shape index (κ2) is 7.20. The van der Waals surface area contributed by atoms with Gasteiger partial charge in [-0.15, -0.1) is 0 Å². The fourth-order valence-corrected chi connectivity index (χ4v) is 2.60. The Kier molecular flexibility index (Phi) is 5.31. The second-order valence-electron chi connectivity index (χ2n) is 5.48. The van der Waals surface area contributed by atoms with Crippen molar-refractivity contribution < 1.29 is 9.32 Å². The Hall–Kier alpha value is -2.17. The lowest BCUT2D eigenvalue weighted by atomic mass is 10.0. The average molecular weight is 301 g/mol. The standard InChI is InChI=1S/C17H23N3O2/c1-5-15-14(16(6-2)22-19-15)10-17(21)20(12(3)4)13-8-7-9-18-11-13/h7-9,11-12H,5-6,10H2,1-4H3. The zero-order valence-corrected chi connectivity index (χ0v) is 13.7. The van der Waals surface area contributed by atoms with E-state index in [1.165, 1.54) is 0 Å². The topological polar surface area (TPSA) is 59.2 Å². The molecule has 0 N–H and O–H groups in total. The van der Waals surface area contributed by atoms with Gasteiger partial charge in [0.2, 0.25) is 5.91 Å². The van der Waals surface area contributed by atoms with Crippen molar-refractivity contribution in [3.05, 3.63) is 41.5 Å². The number of nitrogens with zero attached hydrogens (tertiary/aromatic N) is 3. The number of amides is 1. The molecule has 118 valence electrons. The highest BCUT2D eigenvalue weighted by atomic mass is 16.5. The summed E-state index contributed by atoms with van der Waals surface area (Å²) in [5.74, 6) is 0.843. The summed E-state index contributed by atoms with van der Waals surface area (Å²) in [6.45, 7) is 8.03. The Balaban J connectivity index is 2.28. The Morgan fingerprint density at radius 1 is 1.32 bits per heavy atom. The zero-order valence-electron chi connectivity index (χ0n) is 13.7. The predicted octanol–water partition coefficient (Wildman–Crippen LogP) is 3.18. The first-order valence-corrected chi connectivity index (χ1v) is 7.76. The van der Waals surface area contributed by atoms with Crippen LogP contribution in [-0.2, 0) is 24.1 Å². The molecule has 1 amide bonds. The van der Waals surface area contributed by atoms with Gasteiger partial charge in [0.1, 0.15) is 5.76 Å². The Bertz CT molecular complexity index is 599. The highest BCUT2D eigenvalue weighted by Crippen LogP contribution is 2.21. The first-order valence-electron chi connectivity index (χ1n) is 7.76. The normalized spacial score (nSPS) is 11.0. The van der Waals surface area contributed by atoms with E-state index in [0.717, 1.165) is 35.5 Å². The van der Waals surface area contributed by atoms with Crippen LogP contribution in [-0.4, -0.2) is 22.1 Å². The predicted molar refractivity (Wildman–Crippen MR) is 85.8 cm³/mol. The Morgan fingerprint density at radius 3 is 2.64 bits per heavy atom. The molecule has 5 heteroatoms. The van der Waals surface area contributed by atoms with E-state index in [-0.39, 0.29) is 11.9 Å². The Labute approximate surface area is 131 Å². The maximum Gasteiger partial charge on any atom is 0.231 e. The molecule has 2 aromatic rings. The van der Waals surface area contributed by atoms with E-state index >= 15 is 0 Å². The van der Waals surface area contributed by atoms with Crippen LogP contribution in [0.15, 0.2) is 29.0 Å². The fourth-order valence-electron chi connectivity index (χ4n) is 2.60. The molecule has 0 unspecified atom stereocenters. The van der Waals surface area contributed by atoms with Crippen LogP contribution in [0.25, 0.3) is 0 Å². The van der Waals surface area contributed by atoms with E-state index in [1.54, 1.807) is 17.3 Å². The number of aromatic nitrogens is 2. The third kappa shape index (κ3) is 3.35. The fraction of sp³-hybridized carbons (Fsp3) is 0.471. The highest BCUT2D eigenvalue weighted by molar-refractivity contribution is 5.95. The van der Waals surface area contributed by atoms with Crippen LogP contribution >= 0.6 is 0 Å². The summed E-state index contributed by atoms with van der Waals surface area (Å²) in [5, 5.41) is 4.08. The third-order valence-corrected chi connectivity index (χ3v) is 3.64. The largest absolute Gasteiger partial charge is 0.361 e. The summed E-state index contributed by atoms with van der Waals surface area (Å²) < 4.78 is 5.35. The molecule has 0 aromatic carbocycles. The number of carbonyl (C=O) groups excluding carboxylic acids is 1. The van der Waals surface area contributed by atoms with Crippen LogP contribution < -0.4 is 4.90 Å². The minimum Gasteiger partial charge on any atom is -0.361 e. The summed E-state index contributed by atoms with van der Waals surface area (Å²) in [4.78, 5) is 18.7. The van der Waals surface area contributed by atoms with Crippen molar-refractivity contribution in [2.45, 2.75) is 53.0 Å². The van der Waals surface area contributed by atoms with Gasteiger partial charge in [-0.25, -0.2) is 0 Å². The molecule has 0 radical (unpaired) electrons. The van der Waals surface area contributed by atoms with Crippen molar-refractivity contribution >= 4 is 11.6 Å². The summed E-state index contributed by atoms with van der Waals surface area (Å²) in [6, 6.07) is 3.80. The first kappa shape index (κ1) is 16.2. The van der Waals surface area contributed by atoms with Crippen LogP contribution in [0.2, 0.25) is 0 Å². The number of rotatable bonds is 6. The van der Waals surface area contributed by atoms with Gasteiger partial charge in [0.15, 0.2) is 0 Å². The summed E-state index contributed by atoms with van der Waals surface area (Å²) in [6.07, 6.45) is 5.23. The minimum atomic E-state index is 0.0376. The van der Waals surface area contributed by atoms with E-state index in [2.05, 4.69) is 10.1 Å². The third-order valence-electron chi connectivity index (χ3n) is 3.64. The second-order valence-corrected chi connectivity index (χ2v) is 5.48. The molecule has 0 saturated carbocycles. The van der Waals surface area contributed by atoms with Crippen molar-refractivity contribution in [1.29, 1.82) is 0 Å². The van der Waals surface area contributed by atoms with Crippen molar-refractivity contribution in [2.24, 2.45) is 0 Å². The van der Waals surface area contributed by atoms with E-state index in [1.807, 2.05) is 39.8 Å². The molecule has 0 fully saturated rings. The van der Waals surface area contributed by atoms with Gasteiger partial charge >= 0.3 is 0 Å². The lowest BCUT2D eigenvalue weighted by Crippen LogP contribution is -2.38. The SMILES string of the molecule is CCc1noc(CC)c1CC(=O)N(c1cccnc1)C(C)C. The molecular weight excluding hydrogens is 278 g/mol. The van der Waals surface area contributed by atoms with E-state index < -0.39 is 0 Å². The molecule has 0 spiro atoms. The van der Waals surface area contributed by atoms with Crippen molar-refractivity contribution in [3.8, 4) is 0 Å². The van der Waals surface area contributed by atoms with Gasteiger partial charge in [-0.3, -0.25) is 9.78 Å². The zero-order chi connectivity index (χ0) is 16.1. The van der Waals surface area contributed by atoms with Gasteiger partial charge in [-0.2, -0.15) is 0 Å². The van der Waals surface area contributed by atoms with E-state index in [9.17, 15) is 4.79 Å². The minimum absolute atomic E-state index is 0.0376. The number of hydrogen-bond acceptors (Lipinski definition) is 4. The molecule has 0 aliphatic rings. The number of hydrogen-bond donors (Lipinski definition) is 0. The first-order chi connectivity index (χ1) is 10.6. The van der Waals surface area contributed by atoms with Gasteiger partial charge < -0.3 is 9.42 Å². The van der Waals surface area contributed by atoms with Crippen LogP contribution in [0.5, 0.6) is 0 Å². The molecule has 0 saturated heterocycles. The summed E-state index contributed by atoms with van der Waals surface area (Å²) in [7, 11) is 0. The molecule has 2 rings (SSSR count). The van der Waals surface area contributed by atoms with Crippen LogP contribution in [0.1, 0.15) is 44.7 Å². The lowest BCUT2D eigenvalue weighted by Gasteiger charge is -2.26. The van der Waals surface area contributed by atoms with Crippen molar-refractivity contribution in [3.63, 3.8) is 0 Å². The molecule has 22 heavy (non-hydrogen) atoms. The number of aryl methyl sites for hydroxylation is 2. The van der Waals surface area contributed by atoms with E-state index in [0.29, 0.717) is 6.42 Å². The van der Waals surface area contributed by atoms with Gasteiger partial charge in [0.05, 0.1) is 24.0 Å². The average Bonchev–Trinajstić information content (AvgIpc) is 2.90. The summed E-state index contributed by atoms with van der Waals surface area (Å²) in [5.41, 5.74) is 2.62. The molecule has 0 aliphatic heterocycles.